The van der Waals surface area contributed by atoms with Crippen molar-refractivity contribution < 1.29 is 19.4 Å². The van der Waals surface area contributed by atoms with E-state index in [1.165, 1.54) is 12.5 Å². The Hall–Kier alpha value is -3.01. The molecule has 0 amide bonds. The number of ketones is 1. The number of rotatable bonds is 8. The Morgan fingerprint density at radius 2 is 1.94 bits per heavy atom. The van der Waals surface area contributed by atoms with Crippen LogP contribution in [-0.2, 0) is 0 Å². The van der Waals surface area contributed by atoms with Crippen LogP contribution in [0.5, 0.6) is 17.2 Å². The van der Waals surface area contributed by atoms with E-state index in [1.807, 2.05) is 30.3 Å². The van der Waals surface area contributed by atoms with Gasteiger partial charge in [0, 0.05) is 6.07 Å². The van der Waals surface area contributed by atoms with Gasteiger partial charge in [-0.05, 0) is 77.3 Å². The van der Waals surface area contributed by atoms with Crippen LogP contribution in [0.2, 0.25) is 0 Å². The van der Waals surface area contributed by atoms with E-state index in [0.29, 0.717) is 23.8 Å². The molecule has 33 heavy (non-hydrogen) atoms. The zero-order valence-corrected chi connectivity index (χ0v) is 20.1. The summed E-state index contributed by atoms with van der Waals surface area (Å²) in [4.78, 5) is 13.1. The average Bonchev–Trinajstić information content (AvgIpc) is 3.15. The Morgan fingerprint density at radius 3 is 2.52 bits per heavy atom. The number of methoxy groups -OCH3 is 1. The number of hydrogen-bond acceptors (Lipinski definition) is 4. The normalized spacial score (nSPS) is 25.3. The molecule has 0 spiro atoms. The first kappa shape index (κ1) is 23.2. The molecule has 0 radical (unpaired) electrons. The van der Waals surface area contributed by atoms with Gasteiger partial charge >= 0.3 is 0 Å². The molecule has 2 fully saturated rings. The Kier molecular flexibility index (Phi) is 6.13. The van der Waals surface area contributed by atoms with Crippen LogP contribution in [0.3, 0.4) is 0 Å². The molecule has 0 heterocycles. The highest BCUT2D eigenvalue weighted by atomic mass is 16.5. The SMILES string of the molecule is C=CCOc1cc(O)c(C(=O)/C=C/c2ccc(OC)cc2)cc1C1CC2CCC1(C)C2(C)C. The van der Waals surface area contributed by atoms with Crippen molar-refractivity contribution in [3.8, 4) is 17.2 Å². The molecule has 4 rings (SSSR count). The van der Waals surface area contributed by atoms with E-state index in [2.05, 4.69) is 27.4 Å². The van der Waals surface area contributed by atoms with Gasteiger partial charge in [0.05, 0.1) is 12.7 Å². The van der Waals surface area contributed by atoms with Gasteiger partial charge in [0.25, 0.3) is 0 Å². The van der Waals surface area contributed by atoms with E-state index < -0.39 is 0 Å². The molecule has 2 bridgehead atoms. The predicted octanol–water partition coefficient (Wildman–Crippen LogP) is 6.79. The smallest absolute Gasteiger partial charge is 0.189 e. The van der Waals surface area contributed by atoms with Crippen LogP contribution in [0.4, 0.5) is 0 Å². The standard InChI is InChI=1S/C29H34O4/c1-6-15-33-27-18-26(31)23(25(30)12-9-19-7-10-21(32-5)11-8-19)17-22(27)24-16-20-13-14-29(24,4)28(20,2)3/h6-12,17-18,20,24,31H,1,13-16H2,2-5H3/b12-9+. The third-order valence-electron chi connectivity index (χ3n) is 8.46. The molecule has 0 saturated heterocycles. The monoisotopic (exact) mass is 446 g/mol. The van der Waals surface area contributed by atoms with Crippen LogP contribution >= 0.6 is 0 Å². The lowest BCUT2D eigenvalue weighted by molar-refractivity contribution is 0.104. The number of ether oxygens (including phenoxy) is 2. The van der Waals surface area contributed by atoms with Crippen LogP contribution in [0, 0.1) is 16.7 Å². The number of allylic oxidation sites excluding steroid dienone is 1. The van der Waals surface area contributed by atoms with Crippen molar-refractivity contribution in [1.29, 1.82) is 0 Å². The van der Waals surface area contributed by atoms with Crippen molar-refractivity contribution in [2.75, 3.05) is 13.7 Å². The molecule has 174 valence electrons. The second-order valence-electron chi connectivity index (χ2n) is 10.1. The van der Waals surface area contributed by atoms with Crippen molar-refractivity contribution in [3.05, 3.63) is 71.8 Å². The summed E-state index contributed by atoms with van der Waals surface area (Å²) in [7, 11) is 1.62. The highest BCUT2D eigenvalue weighted by molar-refractivity contribution is 6.08. The zero-order valence-electron chi connectivity index (χ0n) is 20.1. The first-order valence-corrected chi connectivity index (χ1v) is 11.7. The topological polar surface area (TPSA) is 55.8 Å². The van der Waals surface area contributed by atoms with Crippen molar-refractivity contribution in [2.24, 2.45) is 16.7 Å². The second-order valence-corrected chi connectivity index (χ2v) is 10.1. The molecular formula is C29H34O4. The first-order valence-electron chi connectivity index (χ1n) is 11.7. The molecule has 2 aliphatic rings. The zero-order chi connectivity index (χ0) is 23.8. The van der Waals surface area contributed by atoms with Crippen LogP contribution < -0.4 is 9.47 Å². The molecule has 2 aliphatic carbocycles. The van der Waals surface area contributed by atoms with E-state index in [0.717, 1.165) is 29.7 Å². The third-order valence-corrected chi connectivity index (χ3v) is 8.46. The fourth-order valence-electron chi connectivity index (χ4n) is 5.98. The summed E-state index contributed by atoms with van der Waals surface area (Å²) in [5, 5.41) is 10.7. The minimum atomic E-state index is -0.229. The Labute approximate surface area is 196 Å². The number of fused-ring (bicyclic) bond motifs is 2. The van der Waals surface area contributed by atoms with Crippen molar-refractivity contribution >= 4 is 11.9 Å². The van der Waals surface area contributed by atoms with Crippen LogP contribution in [0.1, 0.15) is 67.4 Å². The maximum absolute atomic E-state index is 13.1. The summed E-state index contributed by atoms with van der Waals surface area (Å²) in [6.45, 7) is 11.2. The van der Waals surface area contributed by atoms with Gasteiger partial charge in [-0.1, -0.05) is 51.6 Å². The van der Waals surface area contributed by atoms with Crippen molar-refractivity contribution in [1.82, 2.24) is 0 Å². The number of carbonyl (C=O) groups is 1. The lowest BCUT2D eigenvalue weighted by Crippen LogP contribution is -2.31. The Balaban J connectivity index is 1.69. The lowest BCUT2D eigenvalue weighted by Gasteiger charge is -2.40. The number of carbonyl (C=O) groups excluding carboxylic acids is 1. The molecular weight excluding hydrogens is 412 g/mol. The number of phenolic OH excluding ortho intramolecular Hbond substituents is 1. The molecule has 4 heteroatoms. The van der Waals surface area contributed by atoms with E-state index in [4.69, 9.17) is 9.47 Å². The first-order chi connectivity index (χ1) is 15.7. The van der Waals surface area contributed by atoms with E-state index in [-0.39, 0.29) is 28.3 Å². The largest absolute Gasteiger partial charge is 0.507 e. The predicted molar refractivity (Wildman–Crippen MR) is 132 cm³/mol. The summed E-state index contributed by atoms with van der Waals surface area (Å²) in [5.74, 6) is 2.06. The van der Waals surface area contributed by atoms with E-state index >= 15 is 0 Å². The van der Waals surface area contributed by atoms with Gasteiger partial charge in [0.1, 0.15) is 23.9 Å². The summed E-state index contributed by atoms with van der Waals surface area (Å²) in [6.07, 6.45) is 8.45. The van der Waals surface area contributed by atoms with Gasteiger partial charge in [0.2, 0.25) is 0 Å². The number of aromatic hydroxyl groups is 1. The molecule has 2 saturated carbocycles. The molecule has 3 atom stereocenters. The quantitative estimate of drug-likeness (QED) is 0.275. The van der Waals surface area contributed by atoms with Crippen molar-refractivity contribution in [2.45, 2.75) is 46.0 Å². The summed E-state index contributed by atoms with van der Waals surface area (Å²) >= 11 is 0. The number of phenols is 1. The number of benzene rings is 2. The average molecular weight is 447 g/mol. The fraction of sp³-hybridized carbons (Fsp3) is 0.414. The second kappa shape index (κ2) is 8.74. The van der Waals surface area contributed by atoms with E-state index in [1.54, 1.807) is 25.3 Å². The van der Waals surface area contributed by atoms with E-state index in [9.17, 15) is 9.90 Å². The van der Waals surface area contributed by atoms with Gasteiger partial charge in [-0.25, -0.2) is 0 Å². The van der Waals surface area contributed by atoms with Crippen molar-refractivity contribution in [3.63, 3.8) is 0 Å². The van der Waals surface area contributed by atoms with Gasteiger partial charge < -0.3 is 14.6 Å². The van der Waals surface area contributed by atoms with Gasteiger partial charge in [0.15, 0.2) is 5.78 Å². The maximum atomic E-state index is 13.1. The molecule has 3 unspecified atom stereocenters. The summed E-state index contributed by atoms with van der Waals surface area (Å²) in [5.41, 5.74) is 2.57. The molecule has 1 N–H and O–H groups in total. The van der Waals surface area contributed by atoms with Gasteiger partial charge in [-0.2, -0.15) is 0 Å². The molecule has 4 nitrogen and oxygen atoms in total. The fourth-order valence-corrected chi connectivity index (χ4v) is 5.98. The highest BCUT2D eigenvalue weighted by Gasteiger charge is 2.61. The Bertz CT molecular complexity index is 1080. The van der Waals surface area contributed by atoms with Crippen LogP contribution in [0.15, 0.2) is 55.1 Å². The molecule has 0 aromatic heterocycles. The lowest BCUT2D eigenvalue weighted by atomic mass is 9.65. The summed E-state index contributed by atoms with van der Waals surface area (Å²) < 4.78 is 11.1. The highest BCUT2D eigenvalue weighted by Crippen LogP contribution is 2.71. The third kappa shape index (κ3) is 3.96. The molecule has 0 aliphatic heterocycles. The van der Waals surface area contributed by atoms with Crippen LogP contribution in [0.25, 0.3) is 6.08 Å². The maximum Gasteiger partial charge on any atom is 0.189 e. The summed E-state index contributed by atoms with van der Waals surface area (Å²) in [6, 6.07) is 10.9. The number of hydrogen-bond donors (Lipinski definition) is 1. The van der Waals surface area contributed by atoms with Gasteiger partial charge in [-0.3, -0.25) is 4.79 Å². The molecule has 2 aromatic rings. The Morgan fingerprint density at radius 1 is 1.21 bits per heavy atom. The van der Waals surface area contributed by atoms with Crippen LogP contribution in [-0.4, -0.2) is 24.6 Å². The minimum Gasteiger partial charge on any atom is -0.507 e. The minimum absolute atomic E-state index is 0.0604. The molecule has 2 aromatic carbocycles. The van der Waals surface area contributed by atoms with Gasteiger partial charge in [-0.15, -0.1) is 0 Å².